The van der Waals surface area contributed by atoms with E-state index in [4.69, 9.17) is 5.73 Å². The van der Waals surface area contributed by atoms with Gasteiger partial charge < -0.3 is 16.0 Å². The Morgan fingerprint density at radius 3 is 2.72 bits per heavy atom. The number of hydrogen-bond donors (Lipinski definition) is 2. The summed E-state index contributed by atoms with van der Waals surface area (Å²) in [7, 11) is -3.39. The first-order valence-corrected chi connectivity index (χ1v) is 10.2. The van der Waals surface area contributed by atoms with Gasteiger partial charge in [-0.2, -0.15) is 0 Å². The van der Waals surface area contributed by atoms with E-state index < -0.39 is 9.84 Å². The summed E-state index contributed by atoms with van der Waals surface area (Å²) in [6.07, 6.45) is 2.57. The molecule has 0 saturated carbocycles. The van der Waals surface area contributed by atoms with E-state index in [1.54, 1.807) is 17.9 Å². The van der Waals surface area contributed by atoms with Crippen LogP contribution in [0.4, 0.5) is 0 Å². The zero-order valence-electron chi connectivity index (χ0n) is 14.6. The van der Waals surface area contributed by atoms with Gasteiger partial charge in [0.05, 0.1) is 10.8 Å². The van der Waals surface area contributed by atoms with Crippen LogP contribution in [-0.2, 0) is 14.6 Å². The Kier molecular flexibility index (Phi) is 6.18. The third-order valence-corrected chi connectivity index (χ3v) is 5.50. The fourth-order valence-electron chi connectivity index (χ4n) is 2.95. The number of likely N-dealkylation sites (tertiary alicyclic amines) is 1. The van der Waals surface area contributed by atoms with Gasteiger partial charge in [0.1, 0.15) is 0 Å². The monoisotopic (exact) mass is 367 g/mol. The number of rotatable bonds is 5. The first kappa shape index (κ1) is 19.4. The van der Waals surface area contributed by atoms with E-state index in [-0.39, 0.29) is 22.6 Å². The van der Waals surface area contributed by atoms with Crippen LogP contribution in [0.3, 0.4) is 0 Å². The third kappa shape index (κ3) is 4.79. The van der Waals surface area contributed by atoms with Crippen molar-refractivity contribution in [2.45, 2.75) is 24.7 Å². The molecule has 1 aromatic rings. The topological polar surface area (TPSA) is 110 Å². The second kappa shape index (κ2) is 7.97. The predicted octanol–water partition coefficient (Wildman–Crippen LogP) is 0.326. The molecule has 3 N–H and O–H groups in total. The number of aryl methyl sites for hydroxylation is 1. The zero-order valence-corrected chi connectivity index (χ0v) is 15.4. The number of nitrogens with one attached hydrogen (secondary N) is 1. The molecular weight excluding hydrogens is 342 g/mol. The lowest BCUT2D eigenvalue weighted by atomic mass is 9.96. The number of amides is 2. The van der Waals surface area contributed by atoms with Crippen LogP contribution in [0.1, 0.15) is 28.8 Å². The van der Waals surface area contributed by atoms with Crippen molar-refractivity contribution >= 4 is 21.7 Å². The van der Waals surface area contributed by atoms with Crippen molar-refractivity contribution in [3.63, 3.8) is 0 Å². The van der Waals surface area contributed by atoms with Crippen LogP contribution in [0.2, 0.25) is 0 Å². The molecule has 1 unspecified atom stereocenters. The highest BCUT2D eigenvalue weighted by Gasteiger charge is 2.29. The molecule has 2 amide bonds. The number of nitrogens with two attached hydrogens (primary N) is 1. The molecule has 1 heterocycles. The average Bonchev–Trinajstić information content (AvgIpc) is 2.58. The molecule has 1 saturated heterocycles. The molecule has 8 heteroatoms. The minimum absolute atomic E-state index is 0.0930. The van der Waals surface area contributed by atoms with E-state index in [1.165, 1.54) is 12.1 Å². The summed E-state index contributed by atoms with van der Waals surface area (Å²) in [5.41, 5.74) is 6.48. The fraction of sp³-hybridized carbons (Fsp3) is 0.529. The molecule has 0 radical (unpaired) electrons. The van der Waals surface area contributed by atoms with Gasteiger partial charge in [-0.15, -0.1) is 0 Å². The van der Waals surface area contributed by atoms with Crippen LogP contribution in [0.25, 0.3) is 0 Å². The molecule has 0 spiro atoms. The lowest BCUT2D eigenvalue weighted by Gasteiger charge is -2.32. The first-order chi connectivity index (χ1) is 11.7. The summed E-state index contributed by atoms with van der Waals surface area (Å²) < 4.78 is 23.5. The van der Waals surface area contributed by atoms with Crippen LogP contribution >= 0.6 is 0 Å². The highest BCUT2D eigenvalue weighted by atomic mass is 32.2. The van der Waals surface area contributed by atoms with Crippen molar-refractivity contribution in [3.05, 3.63) is 29.3 Å². The quantitative estimate of drug-likeness (QED) is 0.779. The molecule has 2 rings (SSSR count). The smallest absolute Gasteiger partial charge is 0.254 e. The van der Waals surface area contributed by atoms with E-state index in [0.29, 0.717) is 37.3 Å². The van der Waals surface area contributed by atoms with Crippen molar-refractivity contribution in [3.8, 4) is 0 Å². The predicted molar refractivity (Wildman–Crippen MR) is 95.0 cm³/mol. The number of benzene rings is 1. The molecule has 1 aliphatic heterocycles. The Hall–Kier alpha value is -1.93. The van der Waals surface area contributed by atoms with Gasteiger partial charge in [0.25, 0.3) is 5.91 Å². The van der Waals surface area contributed by atoms with Crippen molar-refractivity contribution in [1.29, 1.82) is 0 Å². The molecule has 0 bridgehead atoms. The normalized spacial score (nSPS) is 18.0. The van der Waals surface area contributed by atoms with Crippen LogP contribution in [0.15, 0.2) is 23.1 Å². The van der Waals surface area contributed by atoms with Gasteiger partial charge in [-0.25, -0.2) is 8.42 Å². The van der Waals surface area contributed by atoms with Crippen molar-refractivity contribution in [2.24, 2.45) is 11.7 Å². The molecule has 1 aromatic carbocycles. The van der Waals surface area contributed by atoms with Crippen LogP contribution in [-0.4, -0.2) is 57.6 Å². The van der Waals surface area contributed by atoms with Gasteiger partial charge in [0, 0.05) is 38.0 Å². The average molecular weight is 367 g/mol. The summed E-state index contributed by atoms with van der Waals surface area (Å²) in [4.78, 5) is 26.7. The number of hydrogen-bond acceptors (Lipinski definition) is 5. The lowest BCUT2D eigenvalue weighted by molar-refractivity contribution is -0.126. The molecule has 1 fully saturated rings. The van der Waals surface area contributed by atoms with E-state index in [9.17, 15) is 18.0 Å². The van der Waals surface area contributed by atoms with E-state index >= 15 is 0 Å². The maximum absolute atomic E-state index is 12.9. The molecule has 0 aromatic heterocycles. The number of nitrogens with zero attached hydrogens (tertiary/aromatic N) is 1. The van der Waals surface area contributed by atoms with Crippen molar-refractivity contribution < 1.29 is 18.0 Å². The maximum Gasteiger partial charge on any atom is 0.254 e. The van der Waals surface area contributed by atoms with Crippen LogP contribution in [0, 0.1) is 12.8 Å². The molecule has 7 nitrogen and oxygen atoms in total. The summed E-state index contributed by atoms with van der Waals surface area (Å²) in [6.45, 7) is 3.45. The van der Waals surface area contributed by atoms with Gasteiger partial charge >= 0.3 is 0 Å². The standard InChI is InChI=1S/C17H25N3O4S/c1-12-5-6-14(25(2,23)24)10-15(12)17(22)20-9-3-4-13(11-20)16(21)19-8-7-18/h5-6,10,13H,3-4,7-9,11,18H2,1-2H3,(H,19,21). The van der Waals surface area contributed by atoms with Gasteiger partial charge in [0.15, 0.2) is 9.84 Å². The Morgan fingerprint density at radius 1 is 1.36 bits per heavy atom. The van der Waals surface area contributed by atoms with Gasteiger partial charge in [-0.3, -0.25) is 9.59 Å². The van der Waals surface area contributed by atoms with Crippen molar-refractivity contribution in [2.75, 3.05) is 32.4 Å². The second-order valence-electron chi connectivity index (χ2n) is 6.42. The number of carbonyl (C=O) groups is 2. The largest absolute Gasteiger partial charge is 0.355 e. The van der Waals surface area contributed by atoms with Gasteiger partial charge in [-0.1, -0.05) is 6.07 Å². The van der Waals surface area contributed by atoms with E-state index in [1.807, 2.05) is 0 Å². The summed E-state index contributed by atoms with van der Waals surface area (Å²) in [5.74, 6) is -0.591. The van der Waals surface area contributed by atoms with Gasteiger partial charge in [-0.05, 0) is 37.5 Å². The second-order valence-corrected chi connectivity index (χ2v) is 8.43. The molecular formula is C17H25N3O4S. The van der Waals surface area contributed by atoms with Crippen LogP contribution in [0.5, 0.6) is 0 Å². The summed E-state index contributed by atoms with van der Waals surface area (Å²) in [5, 5.41) is 2.76. The number of carbonyl (C=O) groups excluding carboxylic acids is 2. The van der Waals surface area contributed by atoms with E-state index in [2.05, 4.69) is 5.32 Å². The number of sulfone groups is 1. The fourth-order valence-corrected chi connectivity index (χ4v) is 3.59. The van der Waals surface area contributed by atoms with Gasteiger partial charge in [0.2, 0.25) is 5.91 Å². The highest BCUT2D eigenvalue weighted by Crippen LogP contribution is 2.22. The Balaban J connectivity index is 2.18. The Labute approximate surface area is 148 Å². The minimum atomic E-state index is -3.39. The molecule has 25 heavy (non-hydrogen) atoms. The third-order valence-electron chi connectivity index (χ3n) is 4.39. The summed E-state index contributed by atoms with van der Waals surface area (Å²) in [6, 6.07) is 4.56. The first-order valence-electron chi connectivity index (χ1n) is 8.32. The molecule has 1 atom stereocenters. The molecule has 138 valence electrons. The lowest BCUT2D eigenvalue weighted by Crippen LogP contribution is -2.46. The SMILES string of the molecule is Cc1ccc(S(C)(=O)=O)cc1C(=O)N1CCCC(C(=O)NCCN)C1. The minimum Gasteiger partial charge on any atom is -0.355 e. The Morgan fingerprint density at radius 2 is 2.08 bits per heavy atom. The molecule has 0 aliphatic carbocycles. The van der Waals surface area contributed by atoms with Crippen molar-refractivity contribution in [1.82, 2.24) is 10.2 Å². The Bertz CT molecular complexity index is 761. The zero-order chi connectivity index (χ0) is 18.6. The maximum atomic E-state index is 12.9. The van der Waals surface area contributed by atoms with Crippen LogP contribution < -0.4 is 11.1 Å². The highest BCUT2D eigenvalue weighted by molar-refractivity contribution is 7.90. The summed E-state index contributed by atoms with van der Waals surface area (Å²) >= 11 is 0. The number of piperidine rings is 1. The molecule has 1 aliphatic rings. The van der Waals surface area contributed by atoms with E-state index in [0.717, 1.165) is 19.1 Å².